The highest BCUT2D eigenvalue weighted by molar-refractivity contribution is 6.05. The Kier molecular flexibility index (Phi) is 6.86. The van der Waals surface area contributed by atoms with Crippen LogP contribution in [0.25, 0.3) is 22.4 Å². The second-order valence-electron chi connectivity index (χ2n) is 8.07. The molecule has 1 atom stereocenters. The van der Waals surface area contributed by atoms with Gasteiger partial charge in [0.25, 0.3) is 11.6 Å². The predicted molar refractivity (Wildman–Crippen MR) is 128 cm³/mol. The van der Waals surface area contributed by atoms with Crippen LogP contribution < -0.4 is 10.6 Å². The normalized spacial score (nSPS) is 11.6. The highest BCUT2D eigenvalue weighted by atomic mass is 16.5. The number of urea groups is 1. The van der Waals surface area contributed by atoms with Crippen LogP contribution in [0.2, 0.25) is 0 Å². The molecule has 2 N–H and O–H groups in total. The lowest BCUT2D eigenvalue weighted by molar-refractivity contribution is -0.127. The summed E-state index contributed by atoms with van der Waals surface area (Å²) < 4.78 is 10.7. The summed E-state index contributed by atoms with van der Waals surface area (Å²) in [6.45, 7) is 5.29. The van der Waals surface area contributed by atoms with Crippen LogP contribution in [0, 0.1) is 13.8 Å². The summed E-state index contributed by atoms with van der Waals surface area (Å²) in [5, 5.41) is 9.08. The minimum atomic E-state index is -1.23. The van der Waals surface area contributed by atoms with E-state index in [-0.39, 0.29) is 17.8 Å². The van der Waals surface area contributed by atoms with Crippen molar-refractivity contribution in [2.75, 3.05) is 0 Å². The summed E-state index contributed by atoms with van der Waals surface area (Å²) in [6.07, 6.45) is -1.23. The topological polar surface area (TPSA) is 123 Å². The highest BCUT2D eigenvalue weighted by Crippen LogP contribution is 2.28. The molecule has 178 valence electrons. The number of carbonyl (C=O) groups is 3. The number of benzene rings is 2. The zero-order chi connectivity index (χ0) is 24.9. The lowest BCUT2D eigenvalue weighted by atomic mass is 10.0. The molecule has 0 aliphatic carbocycles. The number of pyridine rings is 1. The fraction of sp³-hybridized carbons (Fsp3) is 0.192. The predicted octanol–water partition coefficient (Wildman–Crippen LogP) is 4.08. The summed E-state index contributed by atoms with van der Waals surface area (Å²) in [7, 11) is 0. The lowest BCUT2D eigenvalue weighted by Crippen LogP contribution is -2.44. The first-order valence-electron chi connectivity index (χ1n) is 11.0. The van der Waals surface area contributed by atoms with E-state index in [1.165, 1.54) is 6.92 Å². The van der Waals surface area contributed by atoms with Gasteiger partial charge < -0.3 is 14.6 Å². The third-order valence-corrected chi connectivity index (χ3v) is 5.37. The van der Waals surface area contributed by atoms with Crippen molar-refractivity contribution >= 4 is 29.0 Å². The number of hydrogen-bond acceptors (Lipinski definition) is 7. The van der Waals surface area contributed by atoms with Crippen molar-refractivity contribution in [3.63, 3.8) is 0 Å². The molecule has 0 saturated heterocycles. The molecule has 35 heavy (non-hydrogen) atoms. The molecule has 0 aliphatic rings. The summed E-state index contributed by atoms with van der Waals surface area (Å²) in [5.74, 6) is -1.51. The number of hydrogen-bond donors (Lipinski definition) is 2. The molecule has 0 aliphatic heterocycles. The lowest BCUT2D eigenvalue weighted by Gasteiger charge is -2.14. The Labute approximate surface area is 201 Å². The zero-order valence-corrected chi connectivity index (χ0v) is 19.5. The first-order chi connectivity index (χ1) is 16.8. The Bertz CT molecular complexity index is 1380. The van der Waals surface area contributed by atoms with Gasteiger partial charge in [0, 0.05) is 12.1 Å². The Morgan fingerprint density at radius 1 is 1.03 bits per heavy atom. The maximum absolute atomic E-state index is 13.1. The van der Waals surface area contributed by atoms with E-state index in [1.54, 1.807) is 13.0 Å². The average Bonchev–Trinajstić information content (AvgIpc) is 3.23. The van der Waals surface area contributed by atoms with E-state index in [0.717, 1.165) is 16.7 Å². The first-order valence-corrected chi connectivity index (χ1v) is 11.0. The van der Waals surface area contributed by atoms with Crippen LogP contribution in [0.3, 0.4) is 0 Å². The van der Waals surface area contributed by atoms with E-state index in [0.29, 0.717) is 16.8 Å². The molecule has 0 saturated carbocycles. The van der Waals surface area contributed by atoms with Gasteiger partial charge in [-0.3, -0.25) is 10.1 Å². The molecule has 9 heteroatoms. The molecular formula is C26H24N4O5. The van der Waals surface area contributed by atoms with E-state index < -0.39 is 24.0 Å². The van der Waals surface area contributed by atoms with Gasteiger partial charge in [0.05, 0.1) is 22.3 Å². The zero-order valence-electron chi connectivity index (χ0n) is 19.5. The van der Waals surface area contributed by atoms with Crippen LogP contribution in [-0.2, 0) is 16.1 Å². The quantitative estimate of drug-likeness (QED) is 0.405. The van der Waals surface area contributed by atoms with Crippen LogP contribution in [-0.4, -0.2) is 34.2 Å². The Hall–Kier alpha value is -4.53. The Balaban J connectivity index is 1.47. The number of amides is 3. The average molecular weight is 473 g/mol. The van der Waals surface area contributed by atoms with Gasteiger partial charge >= 0.3 is 12.0 Å². The number of aryl methyl sites for hydroxylation is 2. The summed E-state index contributed by atoms with van der Waals surface area (Å²) in [4.78, 5) is 42.1. The van der Waals surface area contributed by atoms with Crippen LogP contribution in [0.4, 0.5) is 4.79 Å². The smallest absolute Gasteiger partial charge is 0.339 e. The highest BCUT2D eigenvalue weighted by Gasteiger charge is 2.25. The Morgan fingerprint density at radius 2 is 1.74 bits per heavy atom. The Morgan fingerprint density at radius 3 is 2.46 bits per heavy atom. The number of imide groups is 1. The van der Waals surface area contributed by atoms with Crippen molar-refractivity contribution in [3.8, 4) is 11.3 Å². The standard InChI is InChI=1S/C26H24N4O5/c1-15-9-11-19(12-10-15)21-13-20(22-16(2)30-35-24(22)28-21)25(32)34-17(3)23(31)29-26(33)27-14-18-7-5-4-6-8-18/h4-13,17H,14H2,1-3H3,(H2,27,29,31,33). The first kappa shape index (κ1) is 23.6. The van der Waals surface area contributed by atoms with E-state index in [4.69, 9.17) is 9.26 Å². The van der Waals surface area contributed by atoms with Gasteiger partial charge in [-0.15, -0.1) is 0 Å². The molecule has 2 aromatic carbocycles. The number of carbonyl (C=O) groups excluding carboxylic acids is 3. The van der Waals surface area contributed by atoms with Gasteiger partial charge in [0.15, 0.2) is 6.10 Å². The van der Waals surface area contributed by atoms with Gasteiger partial charge in [0.1, 0.15) is 0 Å². The number of rotatable bonds is 6. The van der Waals surface area contributed by atoms with Crippen LogP contribution in [0.15, 0.2) is 65.2 Å². The van der Waals surface area contributed by atoms with Gasteiger partial charge in [-0.2, -0.15) is 0 Å². The van der Waals surface area contributed by atoms with Crippen molar-refractivity contribution in [3.05, 3.63) is 83.0 Å². The molecule has 2 aromatic heterocycles. The monoisotopic (exact) mass is 472 g/mol. The fourth-order valence-corrected chi connectivity index (χ4v) is 3.44. The number of ether oxygens (including phenoxy) is 1. The fourth-order valence-electron chi connectivity index (χ4n) is 3.44. The van der Waals surface area contributed by atoms with E-state index in [1.807, 2.05) is 61.5 Å². The van der Waals surface area contributed by atoms with Crippen molar-refractivity contribution < 1.29 is 23.6 Å². The molecule has 1 unspecified atom stereocenters. The molecule has 0 bridgehead atoms. The van der Waals surface area contributed by atoms with Gasteiger partial charge in [-0.1, -0.05) is 65.3 Å². The minimum Gasteiger partial charge on any atom is -0.449 e. The minimum absolute atomic E-state index is 0.164. The molecular weight excluding hydrogens is 448 g/mol. The second kappa shape index (κ2) is 10.2. The van der Waals surface area contributed by atoms with Crippen LogP contribution in [0.5, 0.6) is 0 Å². The van der Waals surface area contributed by atoms with E-state index in [2.05, 4.69) is 20.8 Å². The number of fused-ring (bicyclic) bond motifs is 1. The van der Waals surface area contributed by atoms with Crippen LogP contribution in [0.1, 0.15) is 34.1 Å². The molecule has 3 amide bonds. The third-order valence-electron chi connectivity index (χ3n) is 5.37. The maximum atomic E-state index is 13.1. The molecule has 9 nitrogen and oxygen atoms in total. The van der Waals surface area contributed by atoms with Gasteiger partial charge in [-0.25, -0.2) is 14.6 Å². The molecule has 0 radical (unpaired) electrons. The van der Waals surface area contributed by atoms with E-state index in [9.17, 15) is 14.4 Å². The van der Waals surface area contributed by atoms with Crippen LogP contribution >= 0.6 is 0 Å². The third kappa shape index (κ3) is 5.52. The van der Waals surface area contributed by atoms with Crippen molar-refractivity contribution in [1.82, 2.24) is 20.8 Å². The number of nitrogens with zero attached hydrogens (tertiary/aromatic N) is 2. The number of aromatic nitrogens is 2. The molecule has 4 aromatic rings. The summed E-state index contributed by atoms with van der Waals surface area (Å²) in [6, 6.07) is 17.8. The molecule has 0 spiro atoms. The summed E-state index contributed by atoms with van der Waals surface area (Å²) in [5.41, 5.74) is 4.05. The van der Waals surface area contributed by atoms with Gasteiger partial charge in [0.2, 0.25) is 0 Å². The SMILES string of the molecule is Cc1ccc(-c2cc(C(=O)OC(C)C(=O)NC(=O)NCc3ccccc3)c3c(C)noc3n2)cc1. The van der Waals surface area contributed by atoms with E-state index >= 15 is 0 Å². The van der Waals surface area contributed by atoms with Crippen molar-refractivity contribution in [2.24, 2.45) is 0 Å². The maximum Gasteiger partial charge on any atom is 0.339 e. The number of nitrogens with one attached hydrogen (secondary N) is 2. The van der Waals surface area contributed by atoms with Gasteiger partial charge in [-0.05, 0) is 32.4 Å². The largest absolute Gasteiger partial charge is 0.449 e. The molecule has 4 rings (SSSR count). The summed E-state index contributed by atoms with van der Waals surface area (Å²) >= 11 is 0. The second-order valence-corrected chi connectivity index (χ2v) is 8.07. The number of esters is 1. The molecule has 2 heterocycles. The van der Waals surface area contributed by atoms with Crippen molar-refractivity contribution in [2.45, 2.75) is 33.4 Å². The van der Waals surface area contributed by atoms with Crippen molar-refractivity contribution in [1.29, 1.82) is 0 Å². The molecule has 0 fully saturated rings.